The van der Waals surface area contributed by atoms with Crippen LogP contribution in [-0.2, 0) is 5.75 Å². The van der Waals surface area contributed by atoms with E-state index in [9.17, 15) is 5.11 Å². The summed E-state index contributed by atoms with van der Waals surface area (Å²) in [6, 6.07) is 22.1. The fraction of sp³-hybridized carbons (Fsp3) is 0.150. The summed E-state index contributed by atoms with van der Waals surface area (Å²) in [5.41, 5.74) is 4.10. The standard InChI is InChI=1S/C20H19NOS/c1-15-12-19(23-14-16-8-4-2-5-9-16)21-13-18(15)20(22)17-10-6-3-7-11-17/h2-13,20,22H,14H2,1H3. The van der Waals surface area contributed by atoms with Gasteiger partial charge in [-0.2, -0.15) is 0 Å². The predicted molar refractivity (Wildman–Crippen MR) is 95.5 cm³/mol. The van der Waals surface area contributed by atoms with Crippen molar-refractivity contribution >= 4 is 11.8 Å². The van der Waals surface area contributed by atoms with Crippen LogP contribution < -0.4 is 0 Å². The molecule has 0 aliphatic heterocycles. The van der Waals surface area contributed by atoms with E-state index in [1.54, 1.807) is 18.0 Å². The van der Waals surface area contributed by atoms with Gasteiger partial charge >= 0.3 is 0 Å². The number of benzene rings is 2. The summed E-state index contributed by atoms with van der Waals surface area (Å²) in [5.74, 6) is 0.897. The summed E-state index contributed by atoms with van der Waals surface area (Å²) < 4.78 is 0. The first-order chi connectivity index (χ1) is 11.2. The Morgan fingerprint density at radius 3 is 2.30 bits per heavy atom. The van der Waals surface area contributed by atoms with Crippen molar-refractivity contribution in [3.05, 3.63) is 95.2 Å². The molecular formula is C20H19NOS. The molecule has 1 heterocycles. The van der Waals surface area contributed by atoms with Gasteiger partial charge in [0.15, 0.2) is 0 Å². The van der Waals surface area contributed by atoms with Crippen molar-refractivity contribution in [3.8, 4) is 0 Å². The number of hydrogen-bond donors (Lipinski definition) is 1. The number of aliphatic hydroxyl groups excluding tert-OH is 1. The highest BCUT2D eigenvalue weighted by Crippen LogP contribution is 2.28. The quantitative estimate of drug-likeness (QED) is 0.688. The Labute approximate surface area is 141 Å². The maximum Gasteiger partial charge on any atom is 0.106 e. The first-order valence-corrected chi connectivity index (χ1v) is 8.59. The first kappa shape index (κ1) is 15.8. The molecule has 2 aromatic carbocycles. The van der Waals surface area contributed by atoms with E-state index in [4.69, 9.17) is 0 Å². The normalized spacial score (nSPS) is 12.1. The van der Waals surface area contributed by atoms with Gasteiger partial charge in [-0.15, -0.1) is 11.8 Å². The second-order valence-corrected chi connectivity index (χ2v) is 6.46. The van der Waals surface area contributed by atoms with Crippen molar-refractivity contribution in [1.82, 2.24) is 4.98 Å². The molecule has 1 unspecified atom stereocenters. The Balaban J connectivity index is 1.73. The van der Waals surface area contributed by atoms with Gasteiger partial charge in [-0.1, -0.05) is 60.7 Å². The van der Waals surface area contributed by atoms with E-state index in [1.165, 1.54) is 5.56 Å². The topological polar surface area (TPSA) is 33.1 Å². The van der Waals surface area contributed by atoms with Gasteiger partial charge in [-0.05, 0) is 29.7 Å². The fourth-order valence-electron chi connectivity index (χ4n) is 2.45. The molecule has 0 fully saturated rings. The zero-order chi connectivity index (χ0) is 16.1. The van der Waals surface area contributed by atoms with Gasteiger partial charge in [0.1, 0.15) is 6.10 Å². The number of nitrogens with zero attached hydrogens (tertiary/aromatic N) is 1. The third kappa shape index (κ3) is 4.01. The number of aliphatic hydroxyl groups is 1. The van der Waals surface area contributed by atoms with Crippen LogP contribution in [0.15, 0.2) is 78.0 Å². The van der Waals surface area contributed by atoms with E-state index in [0.717, 1.165) is 27.5 Å². The Morgan fingerprint density at radius 2 is 1.65 bits per heavy atom. The van der Waals surface area contributed by atoms with Crippen molar-refractivity contribution in [1.29, 1.82) is 0 Å². The zero-order valence-electron chi connectivity index (χ0n) is 13.0. The van der Waals surface area contributed by atoms with Crippen LogP contribution in [0.4, 0.5) is 0 Å². The highest BCUT2D eigenvalue weighted by molar-refractivity contribution is 7.98. The monoisotopic (exact) mass is 321 g/mol. The maximum atomic E-state index is 10.5. The molecule has 0 aliphatic rings. The lowest BCUT2D eigenvalue weighted by molar-refractivity contribution is 0.219. The van der Waals surface area contributed by atoms with Crippen LogP contribution in [0.25, 0.3) is 0 Å². The molecule has 0 saturated carbocycles. The van der Waals surface area contributed by atoms with Crippen LogP contribution >= 0.6 is 11.8 Å². The molecule has 1 N–H and O–H groups in total. The van der Waals surface area contributed by atoms with Crippen molar-refractivity contribution in [2.45, 2.75) is 23.8 Å². The minimum atomic E-state index is -0.628. The molecule has 0 saturated heterocycles. The van der Waals surface area contributed by atoms with E-state index in [0.29, 0.717) is 0 Å². The number of hydrogen-bond acceptors (Lipinski definition) is 3. The molecule has 0 bridgehead atoms. The van der Waals surface area contributed by atoms with Crippen molar-refractivity contribution in [2.75, 3.05) is 0 Å². The van der Waals surface area contributed by atoms with Crippen LogP contribution in [0, 0.1) is 6.92 Å². The molecule has 3 heteroatoms. The van der Waals surface area contributed by atoms with Crippen LogP contribution in [0.1, 0.15) is 28.4 Å². The van der Waals surface area contributed by atoms with Crippen molar-refractivity contribution < 1.29 is 5.11 Å². The zero-order valence-corrected chi connectivity index (χ0v) is 13.8. The minimum Gasteiger partial charge on any atom is -0.384 e. The number of aromatic nitrogens is 1. The number of aryl methyl sites for hydroxylation is 1. The summed E-state index contributed by atoms with van der Waals surface area (Å²) in [7, 11) is 0. The van der Waals surface area contributed by atoms with Gasteiger partial charge < -0.3 is 5.11 Å². The molecule has 2 nitrogen and oxygen atoms in total. The van der Waals surface area contributed by atoms with E-state index in [2.05, 4.69) is 23.2 Å². The molecule has 116 valence electrons. The molecule has 0 amide bonds. The lowest BCUT2D eigenvalue weighted by atomic mass is 10.00. The summed E-state index contributed by atoms with van der Waals surface area (Å²) in [6.07, 6.45) is 1.16. The number of thioether (sulfide) groups is 1. The Bertz CT molecular complexity index is 759. The molecule has 0 aliphatic carbocycles. The molecule has 0 radical (unpaired) electrons. The molecule has 1 aromatic heterocycles. The second kappa shape index (κ2) is 7.44. The van der Waals surface area contributed by atoms with Gasteiger partial charge in [0.2, 0.25) is 0 Å². The molecule has 1 atom stereocenters. The molecule has 3 aromatic rings. The second-order valence-electron chi connectivity index (χ2n) is 5.47. The minimum absolute atomic E-state index is 0.628. The fourth-order valence-corrected chi connectivity index (χ4v) is 3.35. The van der Waals surface area contributed by atoms with Gasteiger partial charge in [0, 0.05) is 17.5 Å². The SMILES string of the molecule is Cc1cc(SCc2ccccc2)ncc1C(O)c1ccccc1. The van der Waals surface area contributed by atoms with Crippen LogP contribution in [0.5, 0.6) is 0 Å². The molecule has 3 rings (SSSR count). The van der Waals surface area contributed by atoms with Gasteiger partial charge in [-0.25, -0.2) is 4.98 Å². The number of rotatable bonds is 5. The lowest BCUT2D eigenvalue weighted by Crippen LogP contribution is -2.03. The van der Waals surface area contributed by atoms with Crippen LogP contribution in [0.2, 0.25) is 0 Å². The van der Waals surface area contributed by atoms with E-state index >= 15 is 0 Å². The van der Waals surface area contributed by atoms with E-state index in [-0.39, 0.29) is 0 Å². The van der Waals surface area contributed by atoms with Crippen LogP contribution in [-0.4, -0.2) is 10.1 Å². The Morgan fingerprint density at radius 1 is 1.00 bits per heavy atom. The average Bonchev–Trinajstić information content (AvgIpc) is 2.61. The first-order valence-electron chi connectivity index (χ1n) is 7.60. The molecular weight excluding hydrogens is 302 g/mol. The Kier molecular flexibility index (Phi) is 5.11. The lowest BCUT2D eigenvalue weighted by Gasteiger charge is -2.14. The Hall–Kier alpha value is -2.10. The van der Waals surface area contributed by atoms with Gasteiger partial charge in [0.25, 0.3) is 0 Å². The van der Waals surface area contributed by atoms with Crippen molar-refractivity contribution in [2.24, 2.45) is 0 Å². The smallest absolute Gasteiger partial charge is 0.106 e. The summed E-state index contributed by atoms with van der Waals surface area (Å²) in [5, 5.41) is 11.5. The third-order valence-electron chi connectivity index (χ3n) is 3.77. The van der Waals surface area contributed by atoms with E-state index in [1.807, 2.05) is 55.5 Å². The maximum absolute atomic E-state index is 10.5. The predicted octanol–water partition coefficient (Wildman–Crippen LogP) is 4.76. The summed E-state index contributed by atoms with van der Waals surface area (Å²) >= 11 is 1.71. The van der Waals surface area contributed by atoms with Gasteiger partial charge in [-0.3, -0.25) is 0 Å². The van der Waals surface area contributed by atoms with E-state index < -0.39 is 6.10 Å². The average molecular weight is 321 g/mol. The highest BCUT2D eigenvalue weighted by Gasteiger charge is 2.13. The molecule has 23 heavy (non-hydrogen) atoms. The van der Waals surface area contributed by atoms with Gasteiger partial charge in [0.05, 0.1) is 5.03 Å². The third-order valence-corrected chi connectivity index (χ3v) is 4.76. The summed E-state index contributed by atoms with van der Waals surface area (Å²) in [6.45, 7) is 2.02. The van der Waals surface area contributed by atoms with Crippen molar-refractivity contribution in [3.63, 3.8) is 0 Å². The highest BCUT2D eigenvalue weighted by atomic mass is 32.2. The van der Waals surface area contributed by atoms with Crippen LogP contribution in [0.3, 0.4) is 0 Å². The largest absolute Gasteiger partial charge is 0.384 e. The molecule has 0 spiro atoms. The summed E-state index contributed by atoms with van der Waals surface area (Å²) in [4.78, 5) is 4.50. The number of pyridine rings is 1.